The first-order valence-electron chi connectivity index (χ1n) is 12.9. The Kier molecular flexibility index (Phi) is 9.08. The Morgan fingerprint density at radius 1 is 1.03 bits per heavy atom. The lowest BCUT2D eigenvalue weighted by atomic mass is 9.93. The highest BCUT2D eigenvalue weighted by Crippen LogP contribution is 2.42. The highest BCUT2D eigenvalue weighted by atomic mass is 32.1. The van der Waals surface area contributed by atoms with Crippen molar-refractivity contribution >= 4 is 40.7 Å². The highest BCUT2D eigenvalue weighted by Gasteiger charge is 2.28. The quantitative estimate of drug-likeness (QED) is 0.257. The third-order valence-corrected chi connectivity index (χ3v) is 7.90. The van der Waals surface area contributed by atoms with Crippen molar-refractivity contribution in [3.63, 3.8) is 0 Å². The summed E-state index contributed by atoms with van der Waals surface area (Å²) in [6.07, 6.45) is 4.97. The predicted molar refractivity (Wildman–Crippen MR) is 151 cm³/mol. The number of thiophene rings is 1. The van der Waals surface area contributed by atoms with E-state index in [0.29, 0.717) is 28.4 Å². The van der Waals surface area contributed by atoms with Gasteiger partial charge in [0.25, 0.3) is 0 Å². The summed E-state index contributed by atoms with van der Waals surface area (Å²) < 4.78 is 10.8. The van der Waals surface area contributed by atoms with Gasteiger partial charge in [0, 0.05) is 27.9 Å². The number of aromatic carboxylic acids is 1. The van der Waals surface area contributed by atoms with Crippen LogP contribution in [0.3, 0.4) is 0 Å². The third-order valence-electron chi connectivity index (χ3n) is 6.59. The number of hydrogen-bond donors (Lipinski definition) is 3. The van der Waals surface area contributed by atoms with Gasteiger partial charge in [-0.25, -0.2) is 14.4 Å². The molecule has 1 aromatic heterocycles. The van der Waals surface area contributed by atoms with Gasteiger partial charge in [-0.3, -0.25) is 4.90 Å². The maximum absolute atomic E-state index is 13.7. The fourth-order valence-corrected chi connectivity index (χ4v) is 5.92. The van der Waals surface area contributed by atoms with Crippen LogP contribution in [0.1, 0.15) is 54.3 Å². The van der Waals surface area contributed by atoms with Gasteiger partial charge in [-0.05, 0) is 68.7 Å². The van der Waals surface area contributed by atoms with Crippen molar-refractivity contribution in [2.24, 2.45) is 0 Å². The molecule has 10 heteroatoms. The van der Waals surface area contributed by atoms with E-state index in [9.17, 15) is 19.5 Å². The first-order chi connectivity index (χ1) is 18.8. The molecule has 2 amide bonds. The summed E-state index contributed by atoms with van der Waals surface area (Å²) in [6.45, 7) is 3.54. The number of nitrogens with one attached hydrogen (secondary N) is 1. The van der Waals surface area contributed by atoms with Gasteiger partial charge in [0.2, 0.25) is 0 Å². The van der Waals surface area contributed by atoms with Crippen LogP contribution >= 0.6 is 11.3 Å². The number of carbonyl (C=O) groups is 3. The molecular formula is C29H32N2O7S. The summed E-state index contributed by atoms with van der Waals surface area (Å²) in [5.74, 6) is -1.61. The van der Waals surface area contributed by atoms with E-state index in [1.54, 1.807) is 24.0 Å². The molecule has 0 unspecified atom stereocenters. The Hall–Kier alpha value is -4.05. The third kappa shape index (κ3) is 6.69. The van der Waals surface area contributed by atoms with Crippen LogP contribution < -0.4 is 19.7 Å². The van der Waals surface area contributed by atoms with Gasteiger partial charge in [0.15, 0.2) is 11.5 Å². The minimum Gasteiger partial charge on any atom is -0.494 e. The second kappa shape index (κ2) is 12.7. The molecule has 206 valence electrons. The van der Waals surface area contributed by atoms with Gasteiger partial charge in [-0.1, -0.05) is 31.4 Å². The fraction of sp³-hybridized carbons (Fsp3) is 0.345. The number of carboxylic acids is 2. The molecule has 0 saturated heterocycles. The zero-order valence-electron chi connectivity index (χ0n) is 21.9. The normalized spacial score (nSPS) is 13.5. The molecular weight excluding hydrogens is 520 g/mol. The van der Waals surface area contributed by atoms with Gasteiger partial charge in [-0.2, -0.15) is 0 Å². The molecule has 0 spiro atoms. The minimum absolute atomic E-state index is 0.0187. The molecule has 1 aliphatic carbocycles. The second-order valence-corrected chi connectivity index (χ2v) is 10.3. The zero-order valence-corrected chi connectivity index (χ0v) is 22.8. The van der Waals surface area contributed by atoms with Crippen LogP contribution in [0.2, 0.25) is 0 Å². The van der Waals surface area contributed by atoms with Crippen LogP contribution in [0, 0.1) is 6.92 Å². The van der Waals surface area contributed by atoms with E-state index in [-0.39, 0.29) is 22.7 Å². The lowest BCUT2D eigenvalue weighted by molar-refractivity contribution is -0.139. The molecule has 3 N–H and O–H groups in total. The average Bonchev–Trinajstić information content (AvgIpc) is 3.26. The van der Waals surface area contributed by atoms with E-state index in [1.165, 1.54) is 0 Å². The maximum Gasteiger partial charge on any atom is 0.349 e. The summed E-state index contributed by atoms with van der Waals surface area (Å²) in [5, 5.41) is 21.7. The molecule has 1 saturated carbocycles. The molecule has 0 bridgehead atoms. The lowest BCUT2D eigenvalue weighted by Gasteiger charge is -2.34. The lowest BCUT2D eigenvalue weighted by Crippen LogP contribution is -2.44. The molecule has 4 rings (SSSR count). The van der Waals surface area contributed by atoms with Crippen LogP contribution in [-0.4, -0.2) is 47.4 Å². The topological polar surface area (TPSA) is 125 Å². The molecule has 9 nitrogen and oxygen atoms in total. The average molecular weight is 553 g/mol. The number of nitrogens with zero attached hydrogens (tertiary/aromatic N) is 1. The van der Waals surface area contributed by atoms with E-state index in [2.05, 4.69) is 5.32 Å². The molecule has 39 heavy (non-hydrogen) atoms. The molecule has 0 atom stereocenters. The van der Waals surface area contributed by atoms with Crippen molar-refractivity contribution in [2.75, 3.05) is 23.4 Å². The summed E-state index contributed by atoms with van der Waals surface area (Å²) in [5.41, 5.74) is 2.61. The number of ether oxygens (including phenoxy) is 2. The van der Waals surface area contributed by atoms with Crippen LogP contribution in [0.5, 0.6) is 11.5 Å². The van der Waals surface area contributed by atoms with Crippen molar-refractivity contribution < 1.29 is 34.1 Å². The van der Waals surface area contributed by atoms with E-state index < -0.39 is 18.5 Å². The number of aliphatic carboxylic acids is 1. The molecule has 1 aliphatic rings. The Labute approximate surface area is 231 Å². The van der Waals surface area contributed by atoms with Crippen LogP contribution in [0.25, 0.3) is 10.4 Å². The number of hydrogen-bond acceptors (Lipinski definition) is 6. The smallest absolute Gasteiger partial charge is 0.349 e. The number of amides is 2. The largest absolute Gasteiger partial charge is 0.494 e. The zero-order chi connectivity index (χ0) is 27.9. The minimum atomic E-state index is -1.19. The van der Waals surface area contributed by atoms with Crippen molar-refractivity contribution in [1.82, 2.24) is 0 Å². The Morgan fingerprint density at radius 2 is 1.74 bits per heavy atom. The van der Waals surface area contributed by atoms with Crippen LogP contribution in [-0.2, 0) is 4.79 Å². The standard InChI is InChI=1S/C29H32N2O7S/c1-3-37-23-14-12-20(13-15-23)30-29(36)31(21-9-5-4-6-10-21)22-11-7-8-19(16-22)26-18(2)25(38-17-24(32)33)27(39-26)28(34)35/h7-8,11-16,21H,3-6,9-10,17H2,1-2H3,(H,30,36)(H,32,33)(H,34,35). The van der Waals surface area contributed by atoms with Crippen molar-refractivity contribution in [2.45, 2.75) is 52.0 Å². The molecule has 2 aromatic carbocycles. The van der Waals surface area contributed by atoms with E-state index in [1.807, 2.05) is 43.3 Å². The van der Waals surface area contributed by atoms with Gasteiger partial charge in [-0.15, -0.1) is 11.3 Å². The van der Waals surface area contributed by atoms with Crippen LogP contribution in [0.4, 0.5) is 16.2 Å². The second-order valence-electron chi connectivity index (χ2n) is 9.30. The Balaban J connectivity index is 1.67. The summed E-state index contributed by atoms with van der Waals surface area (Å²) in [6, 6.07) is 14.4. The number of anilines is 2. The van der Waals surface area contributed by atoms with Gasteiger partial charge in [0.1, 0.15) is 11.5 Å². The predicted octanol–water partition coefficient (Wildman–Crippen LogP) is 6.66. The van der Waals surface area contributed by atoms with Crippen LogP contribution in [0.15, 0.2) is 48.5 Å². The molecule has 0 aliphatic heterocycles. The van der Waals surface area contributed by atoms with Crippen molar-refractivity contribution in [3.05, 3.63) is 59.0 Å². The molecule has 0 radical (unpaired) electrons. The fourth-order valence-electron chi connectivity index (χ4n) is 4.84. The summed E-state index contributed by atoms with van der Waals surface area (Å²) >= 11 is 1.02. The number of urea groups is 1. The first kappa shape index (κ1) is 28.0. The van der Waals surface area contributed by atoms with E-state index in [0.717, 1.165) is 54.8 Å². The van der Waals surface area contributed by atoms with Crippen molar-refractivity contribution in [3.8, 4) is 21.9 Å². The van der Waals surface area contributed by atoms with E-state index >= 15 is 0 Å². The monoisotopic (exact) mass is 552 g/mol. The Morgan fingerprint density at radius 3 is 2.38 bits per heavy atom. The van der Waals surface area contributed by atoms with E-state index in [4.69, 9.17) is 14.6 Å². The van der Waals surface area contributed by atoms with Gasteiger partial charge in [0.05, 0.1) is 6.61 Å². The Bertz CT molecular complexity index is 1330. The highest BCUT2D eigenvalue weighted by molar-refractivity contribution is 7.18. The number of benzene rings is 2. The number of rotatable bonds is 10. The van der Waals surface area contributed by atoms with Gasteiger partial charge >= 0.3 is 18.0 Å². The summed E-state index contributed by atoms with van der Waals surface area (Å²) in [4.78, 5) is 39.0. The molecule has 1 heterocycles. The molecule has 3 aromatic rings. The SMILES string of the molecule is CCOc1ccc(NC(=O)N(c2cccc(-c3sc(C(=O)O)c(OCC(=O)O)c3C)c2)C2CCCCC2)cc1. The molecule has 1 fully saturated rings. The van der Waals surface area contributed by atoms with Gasteiger partial charge < -0.3 is 25.0 Å². The first-order valence-corrected chi connectivity index (χ1v) is 13.7. The number of carbonyl (C=O) groups excluding carboxylic acids is 1. The summed E-state index contributed by atoms with van der Waals surface area (Å²) in [7, 11) is 0. The number of carboxylic acid groups (broad SMARTS) is 2. The van der Waals surface area contributed by atoms with Crippen molar-refractivity contribution in [1.29, 1.82) is 0 Å². The maximum atomic E-state index is 13.7.